The van der Waals surface area contributed by atoms with Crippen molar-refractivity contribution in [1.82, 2.24) is 17.2 Å². The SMILES string of the molecule is CN(C)C=O.N.N. The average molecular weight is 107 g/mol. The first-order valence-corrected chi connectivity index (χ1v) is 1.39. The van der Waals surface area contributed by atoms with Crippen LogP contribution in [0.15, 0.2) is 0 Å². The molecular weight excluding hydrogens is 94.1 g/mol. The minimum absolute atomic E-state index is 0. The molecule has 0 aliphatic rings. The second kappa shape index (κ2) is 9.04. The molecule has 0 saturated carbocycles. The van der Waals surface area contributed by atoms with Crippen LogP contribution >= 0.6 is 0 Å². The molecule has 0 bridgehead atoms. The number of rotatable bonds is 1. The molecule has 7 heavy (non-hydrogen) atoms. The third-order valence-electron chi connectivity index (χ3n) is 0.211. The molecule has 0 atom stereocenters. The Hall–Kier alpha value is -0.610. The number of hydrogen-bond acceptors (Lipinski definition) is 3. The molecule has 0 aromatic carbocycles. The number of amides is 1. The van der Waals surface area contributed by atoms with Crippen molar-refractivity contribution in [2.24, 2.45) is 0 Å². The third kappa shape index (κ3) is 32.1. The van der Waals surface area contributed by atoms with Crippen LogP contribution in [0.1, 0.15) is 0 Å². The molecule has 0 heterocycles. The highest BCUT2D eigenvalue weighted by molar-refractivity contribution is 5.45. The van der Waals surface area contributed by atoms with Crippen molar-refractivity contribution in [3.63, 3.8) is 0 Å². The van der Waals surface area contributed by atoms with Gasteiger partial charge in [0, 0.05) is 14.1 Å². The molecule has 0 unspecified atom stereocenters. The Morgan fingerprint density at radius 3 is 1.43 bits per heavy atom. The number of hydrogen-bond donors (Lipinski definition) is 2. The first-order chi connectivity index (χ1) is 2.27. The van der Waals surface area contributed by atoms with Gasteiger partial charge in [0.05, 0.1) is 0 Å². The van der Waals surface area contributed by atoms with Gasteiger partial charge in [0.1, 0.15) is 0 Å². The minimum Gasteiger partial charge on any atom is -0.351 e. The van der Waals surface area contributed by atoms with E-state index in [9.17, 15) is 4.79 Å². The fourth-order valence-electron chi connectivity index (χ4n) is 0. The fraction of sp³-hybridized carbons (Fsp3) is 0.667. The van der Waals surface area contributed by atoms with Gasteiger partial charge in [-0.1, -0.05) is 0 Å². The zero-order valence-electron chi connectivity index (χ0n) is 4.85. The van der Waals surface area contributed by atoms with Crippen LogP contribution < -0.4 is 12.3 Å². The van der Waals surface area contributed by atoms with Gasteiger partial charge in [-0.25, -0.2) is 0 Å². The lowest BCUT2D eigenvalue weighted by Crippen LogP contribution is -2.06. The van der Waals surface area contributed by atoms with E-state index in [0.717, 1.165) is 6.41 Å². The predicted octanol–water partition coefficient (Wildman–Crippen LogP) is 0.0284. The molecule has 0 aromatic rings. The van der Waals surface area contributed by atoms with Gasteiger partial charge < -0.3 is 17.2 Å². The van der Waals surface area contributed by atoms with Gasteiger partial charge in [0.2, 0.25) is 6.41 Å². The summed E-state index contributed by atoms with van der Waals surface area (Å²) < 4.78 is 0. The van der Waals surface area contributed by atoms with Gasteiger partial charge in [0.15, 0.2) is 0 Å². The minimum atomic E-state index is 0. The van der Waals surface area contributed by atoms with Gasteiger partial charge in [0.25, 0.3) is 0 Å². The Kier molecular flexibility index (Phi) is 20.9. The topological polar surface area (TPSA) is 90.3 Å². The molecule has 0 rings (SSSR count). The molecule has 4 nitrogen and oxygen atoms in total. The van der Waals surface area contributed by atoms with Crippen LogP contribution in [0.25, 0.3) is 0 Å². The fourth-order valence-corrected chi connectivity index (χ4v) is 0. The summed E-state index contributed by atoms with van der Waals surface area (Å²) in [5.41, 5.74) is 0. The van der Waals surface area contributed by atoms with Crippen LogP contribution in [0.3, 0.4) is 0 Å². The molecule has 6 N–H and O–H groups in total. The van der Waals surface area contributed by atoms with Crippen molar-refractivity contribution >= 4 is 6.41 Å². The zero-order valence-corrected chi connectivity index (χ0v) is 4.85. The summed E-state index contributed by atoms with van der Waals surface area (Å²) in [6.45, 7) is 0. The predicted molar refractivity (Wildman–Crippen MR) is 29.8 cm³/mol. The highest BCUT2D eigenvalue weighted by atomic mass is 16.1. The number of carbonyl (C=O) groups is 1. The van der Waals surface area contributed by atoms with Crippen molar-refractivity contribution < 1.29 is 4.79 Å². The van der Waals surface area contributed by atoms with Gasteiger partial charge >= 0.3 is 0 Å². The monoisotopic (exact) mass is 107 g/mol. The van der Waals surface area contributed by atoms with Gasteiger partial charge in [-0.2, -0.15) is 0 Å². The smallest absolute Gasteiger partial charge is 0.209 e. The molecule has 4 heteroatoms. The summed E-state index contributed by atoms with van der Waals surface area (Å²) >= 11 is 0. The van der Waals surface area contributed by atoms with Crippen molar-refractivity contribution in [3.8, 4) is 0 Å². The number of nitrogens with zero attached hydrogens (tertiary/aromatic N) is 1. The summed E-state index contributed by atoms with van der Waals surface area (Å²) in [6, 6.07) is 0. The van der Waals surface area contributed by atoms with E-state index in [0.29, 0.717) is 0 Å². The molecule has 46 valence electrons. The molecule has 1 amide bonds. The quantitative estimate of drug-likeness (QED) is 0.463. The lowest BCUT2D eigenvalue weighted by atomic mass is 11.0. The molecular formula is C3H13N3O. The van der Waals surface area contributed by atoms with Crippen LogP contribution in [0.4, 0.5) is 0 Å². The lowest BCUT2D eigenvalue weighted by molar-refractivity contribution is -0.115. The maximum Gasteiger partial charge on any atom is 0.209 e. The van der Waals surface area contributed by atoms with Crippen molar-refractivity contribution in [2.45, 2.75) is 0 Å². The second-order valence-corrected chi connectivity index (χ2v) is 1.07. The van der Waals surface area contributed by atoms with Crippen LogP contribution in [-0.2, 0) is 4.79 Å². The molecule has 0 radical (unpaired) electrons. The average Bonchev–Trinajstić information content (AvgIpc) is 1.38. The van der Waals surface area contributed by atoms with Crippen molar-refractivity contribution in [1.29, 1.82) is 0 Å². The van der Waals surface area contributed by atoms with Crippen molar-refractivity contribution in [2.75, 3.05) is 14.1 Å². The summed E-state index contributed by atoms with van der Waals surface area (Å²) in [4.78, 5) is 10.9. The van der Waals surface area contributed by atoms with E-state index in [1.807, 2.05) is 0 Å². The van der Waals surface area contributed by atoms with E-state index in [1.165, 1.54) is 4.90 Å². The van der Waals surface area contributed by atoms with Crippen LogP contribution in [-0.4, -0.2) is 25.4 Å². The summed E-state index contributed by atoms with van der Waals surface area (Å²) in [7, 11) is 3.38. The van der Waals surface area contributed by atoms with Crippen LogP contribution in [0.5, 0.6) is 0 Å². The summed E-state index contributed by atoms with van der Waals surface area (Å²) in [6.07, 6.45) is 0.750. The Morgan fingerprint density at radius 1 is 1.29 bits per heavy atom. The van der Waals surface area contributed by atoms with E-state index in [1.54, 1.807) is 14.1 Å². The maximum atomic E-state index is 9.43. The summed E-state index contributed by atoms with van der Waals surface area (Å²) in [5.74, 6) is 0. The molecule has 0 aliphatic heterocycles. The second-order valence-electron chi connectivity index (χ2n) is 1.07. The highest BCUT2D eigenvalue weighted by Gasteiger charge is 1.68. The lowest BCUT2D eigenvalue weighted by Gasteiger charge is -1.93. The van der Waals surface area contributed by atoms with E-state index < -0.39 is 0 Å². The Morgan fingerprint density at radius 2 is 1.43 bits per heavy atom. The van der Waals surface area contributed by atoms with E-state index in [4.69, 9.17) is 0 Å². The van der Waals surface area contributed by atoms with Crippen LogP contribution in [0.2, 0.25) is 0 Å². The van der Waals surface area contributed by atoms with Gasteiger partial charge in [-0.3, -0.25) is 4.79 Å². The first kappa shape index (κ1) is 16.2. The van der Waals surface area contributed by atoms with E-state index in [-0.39, 0.29) is 12.3 Å². The van der Waals surface area contributed by atoms with E-state index >= 15 is 0 Å². The van der Waals surface area contributed by atoms with E-state index in [2.05, 4.69) is 0 Å². The zero-order chi connectivity index (χ0) is 4.28. The molecule has 0 spiro atoms. The van der Waals surface area contributed by atoms with Gasteiger partial charge in [-0.15, -0.1) is 0 Å². The Bertz CT molecular complexity index is 37.2. The maximum absolute atomic E-state index is 9.43. The van der Waals surface area contributed by atoms with Gasteiger partial charge in [-0.05, 0) is 0 Å². The first-order valence-electron chi connectivity index (χ1n) is 1.39. The van der Waals surface area contributed by atoms with Crippen LogP contribution in [0, 0.1) is 0 Å². The molecule has 0 saturated heterocycles. The normalized spacial score (nSPS) is 4.86. The third-order valence-corrected chi connectivity index (χ3v) is 0.211. The standard InChI is InChI=1S/C3H7NO.2H3N/c1-4(2)3-5;;/h3H,1-2H3;2*1H3. The number of carbonyl (C=O) groups excluding carboxylic acids is 1. The molecule has 0 aliphatic carbocycles. The summed E-state index contributed by atoms with van der Waals surface area (Å²) in [5, 5.41) is 0. The molecule has 0 aromatic heterocycles. The largest absolute Gasteiger partial charge is 0.351 e. The Labute approximate surface area is 43.7 Å². The Balaban J connectivity index is -0.0000000800. The highest BCUT2D eigenvalue weighted by Crippen LogP contribution is 1.52. The molecule has 0 fully saturated rings. The van der Waals surface area contributed by atoms with Crippen molar-refractivity contribution in [3.05, 3.63) is 0 Å².